The van der Waals surface area contributed by atoms with E-state index in [1.807, 2.05) is 19.1 Å². The Balaban J connectivity index is 1.75. The minimum Gasteiger partial charge on any atom is -0.487 e. The van der Waals surface area contributed by atoms with Gasteiger partial charge in [0, 0.05) is 25.6 Å². The van der Waals surface area contributed by atoms with Crippen LogP contribution in [0.5, 0.6) is 5.75 Å². The molecule has 5 nitrogen and oxygen atoms in total. The Bertz CT molecular complexity index is 484. The van der Waals surface area contributed by atoms with Crippen LogP contribution in [0.15, 0.2) is 24.3 Å². The highest BCUT2D eigenvalue weighted by Crippen LogP contribution is 2.24. The number of nitrogens with one attached hydrogen (secondary N) is 1. The van der Waals surface area contributed by atoms with Gasteiger partial charge in [-0.2, -0.15) is 0 Å². The summed E-state index contributed by atoms with van der Waals surface area (Å²) in [6.45, 7) is 3.73. The maximum atomic E-state index is 12.0. The largest absolute Gasteiger partial charge is 0.487 e. The van der Waals surface area contributed by atoms with Gasteiger partial charge in [-0.3, -0.25) is 0 Å². The van der Waals surface area contributed by atoms with Crippen LogP contribution < -0.4 is 10.1 Å². The Hall–Kier alpha value is -1.46. The van der Waals surface area contributed by atoms with Gasteiger partial charge < -0.3 is 20.1 Å². The lowest BCUT2D eigenvalue weighted by atomic mass is 10.1. The van der Waals surface area contributed by atoms with E-state index in [0.29, 0.717) is 30.4 Å². The predicted octanol–water partition coefficient (Wildman–Crippen LogP) is 2.13. The van der Waals surface area contributed by atoms with Crippen LogP contribution >= 0.6 is 11.6 Å². The zero-order chi connectivity index (χ0) is 15.2. The smallest absolute Gasteiger partial charge is 0.317 e. The van der Waals surface area contributed by atoms with Crippen LogP contribution in [0.3, 0.4) is 0 Å². The molecule has 6 heteroatoms. The second kappa shape index (κ2) is 7.52. The van der Waals surface area contributed by atoms with Crippen LogP contribution in [-0.2, 0) is 0 Å². The van der Waals surface area contributed by atoms with Gasteiger partial charge in [0.1, 0.15) is 11.9 Å². The van der Waals surface area contributed by atoms with Gasteiger partial charge in [0.25, 0.3) is 0 Å². The summed E-state index contributed by atoms with van der Waals surface area (Å²) >= 11 is 6.02. The molecule has 1 aliphatic rings. The molecular weight excluding hydrogens is 292 g/mol. The van der Waals surface area contributed by atoms with Gasteiger partial charge in [0.2, 0.25) is 0 Å². The average Bonchev–Trinajstić information content (AvgIpc) is 2.96. The topological polar surface area (TPSA) is 61.8 Å². The predicted molar refractivity (Wildman–Crippen MR) is 81.7 cm³/mol. The number of aliphatic hydroxyl groups is 1. The molecule has 0 radical (unpaired) electrons. The molecule has 1 fully saturated rings. The number of ether oxygens (including phenoxy) is 1. The maximum absolute atomic E-state index is 12.0. The lowest BCUT2D eigenvalue weighted by molar-refractivity contribution is 0.184. The Morgan fingerprint density at radius 2 is 2.33 bits per heavy atom. The fourth-order valence-corrected chi connectivity index (χ4v) is 2.49. The van der Waals surface area contributed by atoms with E-state index >= 15 is 0 Å². The third-order valence-electron chi connectivity index (χ3n) is 3.54. The maximum Gasteiger partial charge on any atom is 0.317 e. The molecule has 2 unspecified atom stereocenters. The van der Waals surface area contributed by atoms with Crippen molar-refractivity contribution in [3.8, 4) is 5.75 Å². The second-order valence-electron chi connectivity index (χ2n) is 5.33. The number of halogens is 1. The second-order valence-corrected chi connectivity index (χ2v) is 5.74. The molecule has 0 aromatic heterocycles. The standard InChI is InChI=1S/C15H21ClN2O3/c1-11(21-14-5-3-2-4-13(14)16)8-17-15(20)18-7-6-12(9-18)10-19/h2-5,11-12,19H,6-10H2,1H3,(H,17,20). The first kappa shape index (κ1) is 15.9. The third-order valence-corrected chi connectivity index (χ3v) is 3.85. The van der Waals surface area contributed by atoms with E-state index < -0.39 is 0 Å². The first-order chi connectivity index (χ1) is 10.1. The van der Waals surface area contributed by atoms with Crippen molar-refractivity contribution in [3.05, 3.63) is 29.3 Å². The van der Waals surface area contributed by atoms with Crippen LogP contribution in [-0.4, -0.2) is 48.4 Å². The highest BCUT2D eigenvalue weighted by molar-refractivity contribution is 6.32. The summed E-state index contributed by atoms with van der Waals surface area (Å²) in [7, 11) is 0. The quantitative estimate of drug-likeness (QED) is 0.875. The summed E-state index contributed by atoms with van der Waals surface area (Å²) in [6.07, 6.45) is 0.681. The van der Waals surface area contributed by atoms with Gasteiger partial charge in [-0.1, -0.05) is 23.7 Å². The summed E-state index contributed by atoms with van der Waals surface area (Å²) < 4.78 is 5.70. The molecule has 116 valence electrons. The number of nitrogens with zero attached hydrogens (tertiary/aromatic N) is 1. The summed E-state index contributed by atoms with van der Waals surface area (Å²) in [6, 6.07) is 7.15. The first-order valence-electron chi connectivity index (χ1n) is 7.15. The molecule has 1 heterocycles. The zero-order valence-corrected chi connectivity index (χ0v) is 12.8. The van der Waals surface area contributed by atoms with Crippen molar-refractivity contribution in [1.82, 2.24) is 10.2 Å². The van der Waals surface area contributed by atoms with Crippen molar-refractivity contribution >= 4 is 17.6 Å². The van der Waals surface area contributed by atoms with Gasteiger partial charge in [0.05, 0.1) is 11.6 Å². The van der Waals surface area contributed by atoms with E-state index in [9.17, 15) is 4.79 Å². The van der Waals surface area contributed by atoms with Crippen molar-refractivity contribution < 1.29 is 14.6 Å². The van der Waals surface area contributed by atoms with Crippen molar-refractivity contribution in [2.45, 2.75) is 19.4 Å². The number of rotatable bonds is 5. The number of likely N-dealkylation sites (tertiary alicyclic amines) is 1. The molecule has 2 amide bonds. The van der Waals surface area contributed by atoms with Gasteiger partial charge in [0.15, 0.2) is 0 Å². The van der Waals surface area contributed by atoms with Crippen LogP contribution in [0.2, 0.25) is 5.02 Å². The van der Waals surface area contributed by atoms with E-state index in [0.717, 1.165) is 6.42 Å². The SMILES string of the molecule is CC(CNC(=O)N1CCC(CO)C1)Oc1ccccc1Cl. The van der Waals surface area contributed by atoms with E-state index in [-0.39, 0.29) is 24.7 Å². The highest BCUT2D eigenvalue weighted by atomic mass is 35.5. The van der Waals surface area contributed by atoms with Crippen LogP contribution in [0, 0.1) is 5.92 Å². The van der Waals surface area contributed by atoms with E-state index in [4.69, 9.17) is 21.4 Å². The van der Waals surface area contributed by atoms with Crippen molar-refractivity contribution in [2.24, 2.45) is 5.92 Å². The van der Waals surface area contributed by atoms with E-state index in [1.165, 1.54) is 0 Å². The summed E-state index contributed by atoms with van der Waals surface area (Å²) in [5.41, 5.74) is 0. The van der Waals surface area contributed by atoms with E-state index in [1.54, 1.807) is 17.0 Å². The number of hydrogen-bond donors (Lipinski definition) is 2. The summed E-state index contributed by atoms with van der Waals surface area (Å²) in [4.78, 5) is 13.7. The van der Waals surface area contributed by atoms with Crippen molar-refractivity contribution in [3.63, 3.8) is 0 Å². The first-order valence-corrected chi connectivity index (χ1v) is 7.52. The molecule has 2 atom stereocenters. The number of benzene rings is 1. The third kappa shape index (κ3) is 4.51. The normalized spacial score (nSPS) is 19.4. The molecule has 1 aromatic carbocycles. The van der Waals surface area contributed by atoms with Crippen molar-refractivity contribution in [2.75, 3.05) is 26.2 Å². The molecule has 0 spiro atoms. The monoisotopic (exact) mass is 312 g/mol. The summed E-state index contributed by atoms with van der Waals surface area (Å²) in [5, 5.41) is 12.5. The van der Waals surface area contributed by atoms with Gasteiger partial charge in [-0.15, -0.1) is 0 Å². The number of amides is 2. The van der Waals surface area contributed by atoms with Crippen LogP contribution in [0.1, 0.15) is 13.3 Å². The zero-order valence-electron chi connectivity index (χ0n) is 12.1. The van der Waals surface area contributed by atoms with Gasteiger partial charge in [-0.05, 0) is 25.5 Å². The molecule has 2 N–H and O–H groups in total. The average molecular weight is 313 g/mol. The fourth-order valence-electron chi connectivity index (χ4n) is 2.31. The van der Waals surface area contributed by atoms with Gasteiger partial charge >= 0.3 is 6.03 Å². The lowest BCUT2D eigenvalue weighted by Gasteiger charge is -2.20. The molecule has 1 aromatic rings. The molecule has 0 bridgehead atoms. The minimum absolute atomic E-state index is 0.111. The number of carbonyl (C=O) groups is 1. The van der Waals surface area contributed by atoms with Crippen LogP contribution in [0.4, 0.5) is 4.79 Å². The molecule has 1 saturated heterocycles. The Labute approximate surface area is 129 Å². The van der Waals surface area contributed by atoms with Crippen LogP contribution in [0.25, 0.3) is 0 Å². The number of para-hydroxylation sites is 1. The lowest BCUT2D eigenvalue weighted by Crippen LogP contribution is -2.42. The number of urea groups is 1. The molecule has 2 rings (SSSR count). The highest BCUT2D eigenvalue weighted by Gasteiger charge is 2.25. The Morgan fingerprint density at radius 1 is 1.57 bits per heavy atom. The molecule has 0 aliphatic carbocycles. The minimum atomic E-state index is -0.176. The van der Waals surface area contributed by atoms with E-state index in [2.05, 4.69) is 5.32 Å². The molecule has 0 saturated carbocycles. The Morgan fingerprint density at radius 3 is 3.00 bits per heavy atom. The summed E-state index contributed by atoms with van der Waals surface area (Å²) in [5.74, 6) is 0.815. The molecule has 1 aliphatic heterocycles. The molecule has 21 heavy (non-hydrogen) atoms. The van der Waals surface area contributed by atoms with Crippen molar-refractivity contribution in [1.29, 1.82) is 0 Å². The van der Waals surface area contributed by atoms with Gasteiger partial charge in [-0.25, -0.2) is 4.79 Å². The number of aliphatic hydroxyl groups excluding tert-OH is 1. The molecular formula is C15H21ClN2O3. The number of carbonyl (C=O) groups excluding carboxylic acids is 1. The fraction of sp³-hybridized carbons (Fsp3) is 0.533. The number of hydrogen-bond acceptors (Lipinski definition) is 3. The Kier molecular flexibility index (Phi) is 5.70.